The van der Waals surface area contributed by atoms with E-state index in [0.29, 0.717) is 6.42 Å². The van der Waals surface area contributed by atoms with Crippen molar-refractivity contribution in [1.29, 1.82) is 0 Å². The molecule has 0 radical (unpaired) electrons. The maximum absolute atomic E-state index is 13.1. The minimum atomic E-state index is -4.18. The maximum Gasteiger partial charge on any atom is 0.333 e. The molecule has 1 aliphatic carbocycles. The minimum Gasteiger partial charge on any atom is -0.390 e. The smallest absolute Gasteiger partial charge is 0.333 e. The molecule has 0 amide bonds. The summed E-state index contributed by atoms with van der Waals surface area (Å²) in [7, 11) is -4.18. The summed E-state index contributed by atoms with van der Waals surface area (Å²) in [5, 5.41) is 28.8. The normalized spacial score (nSPS) is 22.6. The molecule has 1 saturated carbocycles. The van der Waals surface area contributed by atoms with Crippen molar-refractivity contribution < 1.29 is 27.6 Å². The van der Waals surface area contributed by atoms with Crippen molar-refractivity contribution >= 4 is 33.2 Å². The number of hydrogen-bond acceptors (Lipinski definition) is 11. The third-order valence-corrected chi connectivity index (χ3v) is 6.96. The molecule has 0 spiro atoms. The average molecular weight is 506 g/mol. The number of thiazole rings is 1. The van der Waals surface area contributed by atoms with Crippen molar-refractivity contribution in [3.63, 3.8) is 0 Å². The zero-order chi connectivity index (χ0) is 24.3. The number of aromatic nitrogens is 3. The Balaban J connectivity index is 1.47. The van der Waals surface area contributed by atoms with Gasteiger partial charge in [0.15, 0.2) is 5.01 Å². The van der Waals surface area contributed by atoms with E-state index in [1.165, 1.54) is 23.9 Å². The molecule has 5 N–H and O–H groups in total. The Hall–Kier alpha value is -2.81. The summed E-state index contributed by atoms with van der Waals surface area (Å²) in [6.45, 7) is -0.381. The number of ketones is 1. The van der Waals surface area contributed by atoms with Gasteiger partial charge in [-0.2, -0.15) is 8.42 Å². The van der Waals surface area contributed by atoms with E-state index in [1.807, 2.05) is 30.3 Å². The van der Waals surface area contributed by atoms with Crippen LogP contribution in [0.25, 0.3) is 0 Å². The number of anilines is 1. The van der Waals surface area contributed by atoms with Crippen LogP contribution in [0.2, 0.25) is 0 Å². The predicted octanol–water partition coefficient (Wildman–Crippen LogP) is 0.497. The molecule has 0 unspecified atom stereocenters. The Labute approximate surface area is 199 Å². The lowest BCUT2D eigenvalue weighted by Crippen LogP contribution is -2.36. The minimum absolute atomic E-state index is 0.161. The molecular formula is C21H23N5O6S2. The molecule has 2 aromatic heterocycles. The van der Waals surface area contributed by atoms with E-state index < -0.39 is 34.5 Å². The second-order valence-electron chi connectivity index (χ2n) is 7.91. The van der Waals surface area contributed by atoms with Crippen LogP contribution in [0.1, 0.15) is 32.2 Å². The van der Waals surface area contributed by atoms with Crippen molar-refractivity contribution in [2.75, 3.05) is 11.9 Å². The number of benzene rings is 1. The quantitative estimate of drug-likeness (QED) is 0.299. The summed E-state index contributed by atoms with van der Waals surface area (Å²) in [5.41, 5.74) is 1.26. The second kappa shape index (κ2) is 10.2. The zero-order valence-corrected chi connectivity index (χ0v) is 19.4. The highest BCUT2D eigenvalue weighted by molar-refractivity contribution is 7.84. The highest BCUT2D eigenvalue weighted by Crippen LogP contribution is 2.31. The van der Waals surface area contributed by atoms with Gasteiger partial charge in [-0.15, -0.1) is 11.3 Å². The third-order valence-electron chi connectivity index (χ3n) is 5.50. The molecular weight excluding hydrogens is 482 g/mol. The number of nitrogens with one attached hydrogen (secondary N) is 1. The Morgan fingerprint density at radius 2 is 1.94 bits per heavy atom. The van der Waals surface area contributed by atoms with E-state index in [0.717, 1.165) is 10.4 Å². The molecule has 4 rings (SSSR count). The van der Waals surface area contributed by atoms with Crippen LogP contribution in [-0.2, 0) is 20.9 Å². The van der Waals surface area contributed by atoms with Gasteiger partial charge in [-0.05, 0) is 12.0 Å². The van der Waals surface area contributed by atoms with E-state index in [1.54, 1.807) is 6.20 Å². The first kappa shape index (κ1) is 24.3. The molecule has 1 aromatic carbocycles. The lowest BCUT2D eigenvalue weighted by Gasteiger charge is -2.19. The Morgan fingerprint density at radius 1 is 1.18 bits per heavy atom. The molecule has 1 aliphatic rings. The molecule has 34 heavy (non-hydrogen) atoms. The van der Waals surface area contributed by atoms with E-state index >= 15 is 0 Å². The van der Waals surface area contributed by atoms with Crippen molar-refractivity contribution in [3.05, 3.63) is 70.1 Å². The number of aliphatic hydroxyl groups is 2. The van der Waals surface area contributed by atoms with Gasteiger partial charge in [0.05, 0.1) is 24.3 Å². The first-order valence-corrected chi connectivity index (χ1v) is 12.6. The Kier molecular flexibility index (Phi) is 7.30. The molecule has 0 aliphatic heterocycles. The number of nitrogens with zero attached hydrogens (tertiary/aromatic N) is 3. The van der Waals surface area contributed by atoms with Gasteiger partial charge in [-0.1, -0.05) is 30.3 Å². The largest absolute Gasteiger partial charge is 0.390 e. The molecule has 2 heterocycles. The maximum atomic E-state index is 13.1. The molecule has 0 saturated heterocycles. The lowest BCUT2D eigenvalue weighted by molar-refractivity contribution is 0.00778. The van der Waals surface area contributed by atoms with Gasteiger partial charge < -0.3 is 15.5 Å². The van der Waals surface area contributed by atoms with Crippen LogP contribution in [0.5, 0.6) is 0 Å². The van der Waals surface area contributed by atoms with Crippen LogP contribution in [0.15, 0.2) is 49.1 Å². The Morgan fingerprint density at radius 3 is 2.68 bits per heavy atom. The number of aliphatic hydroxyl groups excluding tert-OH is 2. The highest BCUT2D eigenvalue weighted by atomic mass is 32.2. The molecule has 3 aromatic rings. The van der Waals surface area contributed by atoms with Crippen LogP contribution in [-0.4, -0.2) is 64.2 Å². The highest BCUT2D eigenvalue weighted by Gasteiger charge is 2.42. The monoisotopic (exact) mass is 505 g/mol. The predicted molar refractivity (Wildman–Crippen MR) is 123 cm³/mol. The standard InChI is InChI=1S/C21H23N5O6S2/c22-34(30,31)32-10-13-7-16(19(29)17(13)27)26-20-15(9-23-11-25-20)18(28)21-24-8-14(33-21)6-12-4-2-1-3-5-12/h1-5,8-9,11,13,16-17,19,27,29H,6-7,10H2,(H2,22,30,31)(H,23,25,26)/t13-,16-,17-,19+/m1/s1. The number of carbonyl (C=O) groups excluding carboxylic acids is 1. The second-order valence-corrected chi connectivity index (χ2v) is 10.2. The fraction of sp³-hybridized carbons (Fsp3) is 0.333. The van der Waals surface area contributed by atoms with Crippen molar-refractivity contribution in [1.82, 2.24) is 15.0 Å². The fourth-order valence-corrected chi connectivity index (χ4v) is 5.07. The van der Waals surface area contributed by atoms with Gasteiger partial charge in [0.2, 0.25) is 5.78 Å². The number of carbonyl (C=O) groups is 1. The first-order chi connectivity index (χ1) is 16.2. The average Bonchev–Trinajstić information content (AvgIpc) is 3.38. The summed E-state index contributed by atoms with van der Waals surface area (Å²) < 4.78 is 26.6. The summed E-state index contributed by atoms with van der Waals surface area (Å²) in [5.74, 6) is -0.898. The van der Waals surface area contributed by atoms with Crippen molar-refractivity contribution in [3.8, 4) is 0 Å². The van der Waals surface area contributed by atoms with Crippen molar-refractivity contribution in [2.45, 2.75) is 31.1 Å². The number of rotatable bonds is 9. The molecule has 11 nitrogen and oxygen atoms in total. The lowest BCUT2D eigenvalue weighted by atomic mass is 10.1. The third kappa shape index (κ3) is 5.81. The summed E-state index contributed by atoms with van der Waals surface area (Å²) in [6.07, 6.45) is 2.58. The number of hydrogen-bond donors (Lipinski definition) is 4. The SMILES string of the molecule is NS(=O)(=O)OC[C@H]1C[C@@H](Nc2ncncc2C(=O)c2ncc(Cc3ccccc3)s2)[C@H](O)[C@@H]1O. The zero-order valence-electron chi connectivity index (χ0n) is 17.8. The van der Waals surface area contributed by atoms with Gasteiger partial charge in [0.1, 0.15) is 18.2 Å². The van der Waals surface area contributed by atoms with Gasteiger partial charge in [0, 0.05) is 29.6 Å². The Bertz CT molecular complexity index is 1250. The molecule has 4 atom stereocenters. The topological polar surface area (TPSA) is 178 Å². The van der Waals surface area contributed by atoms with Crippen LogP contribution in [0.3, 0.4) is 0 Å². The molecule has 0 bridgehead atoms. The van der Waals surface area contributed by atoms with Gasteiger partial charge in [-0.3, -0.25) is 8.98 Å². The van der Waals surface area contributed by atoms with Gasteiger partial charge >= 0.3 is 10.3 Å². The van der Waals surface area contributed by atoms with E-state index in [-0.39, 0.29) is 35.2 Å². The molecule has 1 fully saturated rings. The summed E-state index contributed by atoms with van der Waals surface area (Å²) >= 11 is 1.27. The molecule has 13 heteroatoms. The van der Waals surface area contributed by atoms with E-state index in [4.69, 9.17) is 5.14 Å². The van der Waals surface area contributed by atoms with E-state index in [9.17, 15) is 23.4 Å². The first-order valence-electron chi connectivity index (χ1n) is 10.3. The molecule has 180 valence electrons. The van der Waals surface area contributed by atoms with Crippen molar-refractivity contribution in [2.24, 2.45) is 11.1 Å². The fourth-order valence-electron chi connectivity index (χ4n) is 3.81. The summed E-state index contributed by atoms with van der Waals surface area (Å²) in [6, 6.07) is 9.11. The van der Waals surface area contributed by atoms with Crippen LogP contribution < -0.4 is 10.5 Å². The number of nitrogens with two attached hydrogens (primary N) is 1. The van der Waals surface area contributed by atoms with Crippen LogP contribution in [0, 0.1) is 5.92 Å². The van der Waals surface area contributed by atoms with Crippen LogP contribution >= 0.6 is 11.3 Å². The van der Waals surface area contributed by atoms with Gasteiger partial charge in [0.25, 0.3) is 0 Å². The summed E-state index contributed by atoms with van der Waals surface area (Å²) in [4.78, 5) is 26.4. The van der Waals surface area contributed by atoms with Crippen LogP contribution in [0.4, 0.5) is 5.82 Å². The van der Waals surface area contributed by atoms with E-state index in [2.05, 4.69) is 24.5 Å². The van der Waals surface area contributed by atoms with Gasteiger partial charge in [-0.25, -0.2) is 20.1 Å².